The fourth-order valence-corrected chi connectivity index (χ4v) is 2.03. The topological polar surface area (TPSA) is 76.3 Å². The Morgan fingerprint density at radius 1 is 1.50 bits per heavy atom. The molecule has 0 amide bonds. The largest absolute Gasteiger partial charge is 0.392 e. The first-order valence-corrected chi connectivity index (χ1v) is 5.76. The summed E-state index contributed by atoms with van der Waals surface area (Å²) in [5.74, 6) is 0. The summed E-state index contributed by atoms with van der Waals surface area (Å²) in [5, 5.41) is 20.4. The molecule has 1 aromatic rings. The monoisotopic (exact) mass is 242 g/mol. The molecule has 0 bridgehead atoms. The van der Waals surface area contributed by atoms with Gasteiger partial charge in [-0.15, -0.1) is 0 Å². The van der Waals surface area contributed by atoms with Crippen molar-refractivity contribution in [1.29, 1.82) is 0 Å². The van der Waals surface area contributed by atoms with E-state index >= 15 is 0 Å². The van der Waals surface area contributed by atoms with E-state index in [1.807, 2.05) is 6.92 Å². The zero-order valence-corrected chi connectivity index (χ0v) is 10.2. The van der Waals surface area contributed by atoms with E-state index in [1.165, 1.54) is 17.8 Å². The van der Waals surface area contributed by atoms with Gasteiger partial charge in [0.25, 0.3) is 0 Å². The normalized spacial score (nSPS) is 14.5. The molecule has 0 saturated carbocycles. The smallest absolute Gasteiger partial charge is 0.301 e. The molecule has 0 aliphatic heterocycles. The Morgan fingerprint density at radius 3 is 2.62 bits per heavy atom. The Hall–Kier alpha value is -1.14. The van der Waals surface area contributed by atoms with Crippen molar-refractivity contribution in [3.8, 4) is 0 Å². The first-order chi connectivity index (χ1) is 7.41. The molecule has 0 radical (unpaired) electrons. The summed E-state index contributed by atoms with van der Waals surface area (Å²) in [6.07, 6.45) is -0.535. The number of hydrogen-bond acceptors (Lipinski definition) is 5. The molecule has 0 aliphatic rings. The highest BCUT2D eigenvalue weighted by molar-refractivity contribution is 8.00. The average molecular weight is 242 g/mol. The van der Waals surface area contributed by atoms with Crippen molar-refractivity contribution in [3.63, 3.8) is 0 Å². The molecule has 0 fully saturated rings. The number of pyridine rings is 1. The van der Waals surface area contributed by atoms with Gasteiger partial charge in [-0.25, -0.2) is 4.98 Å². The Bertz CT molecular complexity index is 396. The van der Waals surface area contributed by atoms with Gasteiger partial charge >= 0.3 is 5.69 Å². The van der Waals surface area contributed by atoms with E-state index in [0.29, 0.717) is 5.03 Å². The number of aryl methyl sites for hydroxylation is 1. The number of thioether (sulfide) groups is 1. The average Bonchev–Trinajstić information content (AvgIpc) is 2.16. The highest BCUT2D eigenvalue weighted by atomic mass is 32.2. The van der Waals surface area contributed by atoms with Crippen LogP contribution in [0.4, 0.5) is 5.69 Å². The molecule has 2 unspecified atom stereocenters. The highest BCUT2D eigenvalue weighted by Gasteiger charge is 2.20. The highest BCUT2D eigenvalue weighted by Crippen LogP contribution is 2.31. The molecule has 88 valence electrons. The Balaban J connectivity index is 3.01. The maximum Gasteiger partial charge on any atom is 0.301 e. The van der Waals surface area contributed by atoms with Crippen molar-refractivity contribution in [1.82, 2.24) is 4.98 Å². The van der Waals surface area contributed by atoms with Crippen molar-refractivity contribution < 1.29 is 10.0 Å². The summed E-state index contributed by atoms with van der Waals surface area (Å²) in [5.41, 5.74) is 0.717. The van der Waals surface area contributed by atoms with Crippen LogP contribution >= 0.6 is 11.8 Å². The Labute approximate surface area is 98.0 Å². The van der Waals surface area contributed by atoms with Gasteiger partial charge in [0, 0.05) is 17.0 Å². The SMILES string of the molecule is Cc1ccc([N+](=O)[O-])c(SC(C)C(C)O)n1. The first-order valence-electron chi connectivity index (χ1n) is 4.88. The number of rotatable bonds is 4. The molecule has 0 aromatic carbocycles. The zero-order chi connectivity index (χ0) is 12.3. The number of nitrogens with zero attached hydrogens (tertiary/aromatic N) is 2. The van der Waals surface area contributed by atoms with E-state index in [2.05, 4.69) is 4.98 Å². The maximum absolute atomic E-state index is 10.8. The Morgan fingerprint density at radius 2 is 2.12 bits per heavy atom. The summed E-state index contributed by atoms with van der Waals surface area (Å²) < 4.78 is 0. The van der Waals surface area contributed by atoms with Crippen molar-refractivity contribution in [2.24, 2.45) is 0 Å². The first kappa shape index (κ1) is 12.9. The van der Waals surface area contributed by atoms with Crippen LogP contribution in [0.15, 0.2) is 17.2 Å². The molecule has 1 N–H and O–H groups in total. The molecule has 0 saturated heterocycles. The van der Waals surface area contributed by atoms with Gasteiger partial charge in [0.15, 0.2) is 5.03 Å². The Kier molecular flexibility index (Phi) is 4.26. The van der Waals surface area contributed by atoms with E-state index in [-0.39, 0.29) is 10.9 Å². The van der Waals surface area contributed by atoms with Gasteiger partial charge in [0.1, 0.15) is 0 Å². The summed E-state index contributed by atoms with van der Waals surface area (Å²) >= 11 is 1.22. The zero-order valence-electron chi connectivity index (χ0n) is 9.38. The van der Waals surface area contributed by atoms with E-state index in [0.717, 1.165) is 5.69 Å². The van der Waals surface area contributed by atoms with Crippen LogP contribution in [-0.4, -0.2) is 26.4 Å². The lowest BCUT2D eigenvalue weighted by atomic mass is 10.3. The number of aliphatic hydroxyl groups excluding tert-OH is 1. The van der Waals surface area contributed by atoms with Crippen molar-refractivity contribution in [2.45, 2.75) is 37.2 Å². The number of aliphatic hydroxyl groups is 1. The van der Waals surface area contributed by atoms with Gasteiger partial charge < -0.3 is 5.11 Å². The molecule has 1 aromatic heterocycles. The van der Waals surface area contributed by atoms with E-state index < -0.39 is 11.0 Å². The van der Waals surface area contributed by atoms with Crippen molar-refractivity contribution >= 4 is 17.4 Å². The summed E-state index contributed by atoms with van der Waals surface area (Å²) in [6, 6.07) is 3.05. The molecule has 5 nitrogen and oxygen atoms in total. The molecule has 1 rings (SSSR count). The van der Waals surface area contributed by atoms with Gasteiger partial charge in [-0.05, 0) is 19.9 Å². The third-order valence-electron chi connectivity index (χ3n) is 2.15. The second-order valence-electron chi connectivity index (χ2n) is 3.60. The van der Waals surface area contributed by atoms with E-state index in [1.54, 1.807) is 19.9 Å². The maximum atomic E-state index is 10.8. The van der Waals surface area contributed by atoms with Crippen LogP contribution < -0.4 is 0 Å². The second-order valence-corrected chi connectivity index (χ2v) is 4.96. The standard InChI is InChI=1S/C10H14N2O3S/c1-6-4-5-9(12(14)15)10(11-6)16-8(3)7(2)13/h4-5,7-8,13H,1-3H3. The summed E-state index contributed by atoms with van der Waals surface area (Å²) in [4.78, 5) is 14.4. The molecular formula is C10H14N2O3S. The molecule has 0 spiro atoms. The van der Waals surface area contributed by atoms with Gasteiger partial charge in [0.2, 0.25) is 0 Å². The van der Waals surface area contributed by atoms with Gasteiger partial charge in [-0.1, -0.05) is 18.7 Å². The number of nitro groups is 1. The van der Waals surface area contributed by atoms with Crippen LogP contribution in [0.5, 0.6) is 0 Å². The van der Waals surface area contributed by atoms with Crippen molar-refractivity contribution in [3.05, 3.63) is 27.9 Å². The lowest BCUT2D eigenvalue weighted by molar-refractivity contribution is -0.388. The lowest BCUT2D eigenvalue weighted by Crippen LogP contribution is -2.15. The molecular weight excluding hydrogens is 228 g/mol. The number of aromatic nitrogens is 1. The van der Waals surface area contributed by atoms with Crippen LogP contribution in [0.1, 0.15) is 19.5 Å². The van der Waals surface area contributed by atoms with E-state index in [9.17, 15) is 15.2 Å². The fraction of sp³-hybridized carbons (Fsp3) is 0.500. The predicted molar refractivity (Wildman–Crippen MR) is 62.6 cm³/mol. The second kappa shape index (κ2) is 5.27. The quantitative estimate of drug-likeness (QED) is 0.497. The lowest BCUT2D eigenvalue weighted by Gasteiger charge is -2.13. The van der Waals surface area contributed by atoms with Crippen LogP contribution in [-0.2, 0) is 0 Å². The van der Waals surface area contributed by atoms with Crippen LogP contribution in [0.25, 0.3) is 0 Å². The molecule has 16 heavy (non-hydrogen) atoms. The van der Waals surface area contributed by atoms with Gasteiger partial charge in [-0.2, -0.15) is 0 Å². The summed E-state index contributed by atoms with van der Waals surface area (Å²) in [7, 11) is 0. The molecule has 1 heterocycles. The minimum absolute atomic E-state index is 0.0110. The third-order valence-corrected chi connectivity index (χ3v) is 3.44. The molecule has 2 atom stereocenters. The van der Waals surface area contributed by atoms with Crippen LogP contribution in [0.2, 0.25) is 0 Å². The van der Waals surface area contributed by atoms with Gasteiger partial charge in [-0.3, -0.25) is 10.1 Å². The summed E-state index contributed by atoms with van der Waals surface area (Å²) in [6.45, 7) is 5.24. The minimum Gasteiger partial charge on any atom is -0.392 e. The van der Waals surface area contributed by atoms with Gasteiger partial charge in [0.05, 0.1) is 11.0 Å². The van der Waals surface area contributed by atoms with Crippen LogP contribution in [0, 0.1) is 17.0 Å². The van der Waals surface area contributed by atoms with Crippen molar-refractivity contribution in [2.75, 3.05) is 0 Å². The van der Waals surface area contributed by atoms with E-state index in [4.69, 9.17) is 0 Å². The minimum atomic E-state index is -0.535. The van der Waals surface area contributed by atoms with Crippen LogP contribution in [0.3, 0.4) is 0 Å². The third kappa shape index (κ3) is 3.18. The predicted octanol–water partition coefficient (Wildman–Crippen LogP) is 2.16. The number of hydrogen-bond donors (Lipinski definition) is 1. The molecule has 6 heteroatoms. The molecule has 0 aliphatic carbocycles. The fourth-order valence-electron chi connectivity index (χ4n) is 1.03.